The van der Waals surface area contributed by atoms with Crippen LogP contribution in [0.3, 0.4) is 0 Å². The Morgan fingerprint density at radius 1 is 1.23 bits per heavy atom. The Labute approximate surface area is 134 Å². The Morgan fingerprint density at radius 2 is 1.82 bits per heavy atom. The van der Waals surface area contributed by atoms with Crippen molar-refractivity contribution < 1.29 is 9.31 Å². The zero-order chi connectivity index (χ0) is 16.0. The van der Waals surface area contributed by atoms with Crippen molar-refractivity contribution in [3.63, 3.8) is 0 Å². The highest BCUT2D eigenvalue weighted by molar-refractivity contribution is 6.61. The summed E-state index contributed by atoms with van der Waals surface area (Å²) in [5, 5.41) is 4.63. The molecule has 122 valence electrons. The maximum absolute atomic E-state index is 6.13. The molecular formula is C17H29BN2O2. The van der Waals surface area contributed by atoms with Gasteiger partial charge in [0.05, 0.1) is 17.2 Å². The van der Waals surface area contributed by atoms with E-state index in [1.165, 1.54) is 25.7 Å². The van der Waals surface area contributed by atoms with Gasteiger partial charge in [-0.05, 0) is 52.9 Å². The largest absolute Gasteiger partial charge is 0.498 e. The smallest absolute Gasteiger partial charge is 0.399 e. The number of nitrogens with zero attached hydrogens (tertiary/aromatic N) is 2. The summed E-state index contributed by atoms with van der Waals surface area (Å²) in [7, 11) is -0.306. The van der Waals surface area contributed by atoms with E-state index in [4.69, 9.17) is 9.31 Å². The molecular weight excluding hydrogens is 275 g/mol. The van der Waals surface area contributed by atoms with Crippen molar-refractivity contribution in [1.29, 1.82) is 0 Å². The predicted molar refractivity (Wildman–Crippen MR) is 89.2 cm³/mol. The van der Waals surface area contributed by atoms with Crippen molar-refractivity contribution in [2.24, 2.45) is 5.92 Å². The van der Waals surface area contributed by atoms with Crippen molar-refractivity contribution in [2.45, 2.75) is 84.0 Å². The molecule has 1 aliphatic carbocycles. The van der Waals surface area contributed by atoms with E-state index >= 15 is 0 Å². The topological polar surface area (TPSA) is 36.3 Å². The van der Waals surface area contributed by atoms with Gasteiger partial charge in [0.2, 0.25) is 0 Å². The Bertz CT molecular complexity index is 504. The molecule has 1 saturated carbocycles. The third-order valence-electron chi connectivity index (χ3n) is 5.85. The van der Waals surface area contributed by atoms with Gasteiger partial charge < -0.3 is 9.31 Å². The Balaban J connectivity index is 1.76. The van der Waals surface area contributed by atoms with E-state index < -0.39 is 0 Å². The molecule has 0 radical (unpaired) electrons. The van der Waals surface area contributed by atoms with Crippen LogP contribution < -0.4 is 5.46 Å². The van der Waals surface area contributed by atoms with Crippen LogP contribution in [0.2, 0.25) is 0 Å². The van der Waals surface area contributed by atoms with Gasteiger partial charge in [-0.25, -0.2) is 0 Å². The van der Waals surface area contributed by atoms with Crippen LogP contribution in [0.1, 0.15) is 72.8 Å². The summed E-state index contributed by atoms with van der Waals surface area (Å²) in [5.41, 5.74) is 0.445. The molecule has 0 aromatic carbocycles. The molecule has 0 unspecified atom stereocenters. The maximum Gasteiger partial charge on any atom is 0.498 e. The zero-order valence-electron chi connectivity index (χ0n) is 14.6. The fourth-order valence-electron chi connectivity index (χ4n) is 3.71. The minimum absolute atomic E-state index is 0.296. The maximum atomic E-state index is 6.13. The van der Waals surface area contributed by atoms with Gasteiger partial charge in [0, 0.05) is 17.9 Å². The molecule has 3 rings (SSSR count). The summed E-state index contributed by atoms with van der Waals surface area (Å²) in [4.78, 5) is 0. The van der Waals surface area contributed by atoms with Gasteiger partial charge in [-0.15, -0.1) is 0 Å². The third kappa shape index (κ3) is 2.74. The van der Waals surface area contributed by atoms with Crippen LogP contribution in [-0.2, 0) is 9.31 Å². The molecule has 1 atom stereocenters. The molecule has 0 bridgehead atoms. The molecule has 22 heavy (non-hydrogen) atoms. The molecule has 0 spiro atoms. The standard InChI is InChI=1S/C17H29BN2O2/c1-6-15(13-9-7-8-10-13)20-12-14(11-19-20)18-21-16(2,3)17(4,5)22-18/h11-13,15H,6-10H2,1-5H3/t15-/m0/s1. The van der Waals surface area contributed by atoms with Crippen LogP contribution in [0.4, 0.5) is 0 Å². The Kier molecular flexibility index (Phi) is 4.15. The van der Waals surface area contributed by atoms with Crippen molar-refractivity contribution in [3.05, 3.63) is 12.4 Å². The van der Waals surface area contributed by atoms with Crippen LogP contribution in [0, 0.1) is 5.92 Å². The first kappa shape index (κ1) is 16.1. The molecule has 1 aromatic rings. The lowest BCUT2D eigenvalue weighted by Gasteiger charge is -2.32. The number of rotatable bonds is 4. The van der Waals surface area contributed by atoms with Gasteiger partial charge in [-0.1, -0.05) is 19.8 Å². The van der Waals surface area contributed by atoms with Gasteiger partial charge in [0.1, 0.15) is 0 Å². The number of aromatic nitrogens is 2. The summed E-state index contributed by atoms with van der Waals surface area (Å²) >= 11 is 0. The average Bonchev–Trinajstić information content (AvgIpc) is 3.12. The lowest BCUT2D eigenvalue weighted by atomic mass is 9.82. The van der Waals surface area contributed by atoms with Crippen molar-refractivity contribution in [3.8, 4) is 0 Å². The first-order valence-corrected chi connectivity index (χ1v) is 8.74. The van der Waals surface area contributed by atoms with E-state index in [-0.39, 0.29) is 18.3 Å². The first-order chi connectivity index (χ1) is 10.3. The highest BCUT2D eigenvalue weighted by atomic mass is 16.7. The SMILES string of the molecule is CC[C@@H](C1CCCC1)n1cc(B2OC(C)(C)C(C)(C)O2)cn1. The predicted octanol–water partition coefficient (Wildman–Crippen LogP) is 3.32. The fraction of sp³-hybridized carbons (Fsp3) is 0.824. The monoisotopic (exact) mass is 304 g/mol. The van der Waals surface area contributed by atoms with Gasteiger partial charge in [0.25, 0.3) is 0 Å². The van der Waals surface area contributed by atoms with E-state index in [0.717, 1.165) is 17.8 Å². The minimum atomic E-state index is -0.306. The molecule has 2 heterocycles. The van der Waals surface area contributed by atoms with E-state index in [0.29, 0.717) is 6.04 Å². The van der Waals surface area contributed by atoms with Crippen LogP contribution >= 0.6 is 0 Å². The number of hydrogen-bond donors (Lipinski definition) is 0. The van der Waals surface area contributed by atoms with Gasteiger partial charge in [-0.2, -0.15) is 5.10 Å². The summed E-state index contributed by atoms with van der Waals surface area (Å²) in [6.45, 7) is 10.6. The van der Waals surface area contributed by atoms with Crippen LogP contribution in [0.5, 0.6) is 0 Å². The van der Waals surface area contributed by atoms with E-state index in [2.05, 4.69) is 50.6 Å². The third-order valence-corrected chi connectivity index (χ3v) is 5.85. The molecule has 2 aliphatic rings. The van der Waals surface area contributed by atoms with E-state index in [1.807, 2.05) is 6.20 Å². The van der Waals surface area contributed by atoms with Crippen molar-refractivity contribution in [1.82, 2.24) is 9.78 Å². The van der Waals surface area contributed by atoms with Crippen LogP contribution in [0.15, 0.2) is 12.4 Å². The molecule has 1 aromatic heterocycles. The molecule has 0 amide bonds. The molecule has 2 fully saturated rings. The normalized spacial score (nSPS) is 25.8. The second kappa shape index (κ2) is 5.68. The Hall–Kier alpha value is -0.805. The molecule has 5 heteroatoms. The lowest BCUT2D eigenvalue weighted by molar-refractivity contribution is 0.00578. The summed E-state index contributed by atoms with van der Waals surface area (Å²) in [6.07, 6.45) is 10.6. The first-order valence-electron chi connectivity index (χ1n) is 8.74. The van der Waals surface area contributed by atoms with Gasteiger partial charge in [-0.3, -0.25) is 4.68 Å². The van der Waals surface area contributed by atoms with Crippen molar-refractivity contribution in [2.75, 3.05) is 0 Å². The van der Waals surface area contributed by atoms with Crippen LogP contribution in [0.25, 0.3) is 0 Å². The Morgan fingerprint density at radius 3 is 2.36 bits per heavy atom. The van der Waals surface area contributed by atoms with Crippen molar-refractivity contribution >= 4 is 12.6 Å². The quantitative estimate of drug-likeness (QED) is 0.801. The fourth-order valence-corrected chi connectivity index (χ4v) is 3.71. The van der Waals surface area contributed by atoms with Gasteiger partial charge >= 0.3 is 7.12 Å². The van der Waals surface area contributed by atoms with Gasteiger partial charge in [0.15, 0.2) is 0 Å². The molecule has 0 N–H and O–H groups in total. The van der Waals surface area contributed by atoms with E-state index in [1.54, 1.807) is 0 Å². The van der Waals surface area contributed by atoms with E-state index in [9.17, 15) is 0 Å². The second-order valence-electron chi connectivity index (χ2n) is 7.86. The summed E-state index contributed by atoms with van der Waals surface area (Å²) in [6, 6.07) is 0.513. The van der Waals surface area contributed by atoms with Crippen LogP contribution in [-0.4, -0.2) is 28.1 Å². The molecule has 1 saturated heterocycles. The molecule has 4 nitrogen and oxygen atoms in total. The second-order valence-corrected chi connectivity index (χ2v) is 7.86. The highest BCUT2D eigenvalue weighted by Crippen LogP contribution is 2.37. The zero-order valence-corrected chi connectivity index (χ0v) is 14.6. The minimum Gasteiger partial charge on any atom is -0.399 e. The highest BCUT2D eigenvalue weighted by Gasteiger charge is 2.52. The number of hydrogen-bond acceptors (Lipinski definition) is 3. The lowest BCUT2D eigenvalue weighted by Crippen LogP contribution is -2.41. The summed E-state index contributed by atoms with van der Waals surface area (Å²) < 4.78 is 14.4. The molecule has 1 aliphatic heterocycles. The summed E-state index contributed by atoms with van der Waals surface area (Å²) in [5.74, 6) is 0.774. The average molecular weight is 304 g/mol.